The van der Waals surface area contributed by atoms with Gasteiger partial charge in [0.1, 0.15) is 11.2 Å². The predicted octanol–water partition coefficient (Wildman–Crippen LogP) is 12.5. The number of fused-ring (bicyclic) bond motifs is 6. The summed E-state index contributed by atoms with van der Waals surface area (Å²) >= 11 is 1.84. The van der Waals surface area contributed by atoms with Crippen LogP contribution in [0, 0.1) is 0 Å². The minimum Gasteiger partial charge on any atom is -0.456 e. The molecule has 0 unspecified atom stereocenters. The molecule has 0 fully saturated rings. The highest BCUT2D eigenvalue weighted by Gasteiger charge is 2.19. The molecule has 7 aromatic carbocycles. The van der Waals surface area contributed by atoms with Crippen molar-refractivity contribution in [1.29, 1.82) is 0 Å². The van der Waals surface area contributed by atoms with Crippen LogP contribution in [0.1, 0.15) is 0 Å². The largest absolute Gasteiger partial charge is 0.456 e. The maximum absolute atomic E-state index is 6.59. The van der Waals surface area contributed by atoms with E-state index in [0.717, 1.165) is 49.8 Å². The molecular weight excluding hydrogens is 631 g/mol. The highest BCUT2D eigenvalue weighted by Crippen LogP contribution is 2.44. The first kappa shape index (κ1) is 28.6. The van der Waals surface area contributed by atoms with E-state index in [0.29, 0.717) is 17.5 Å². The third-order valence-electron chi connectivity index (χ3n) is 9.33. The number of benzene rings is 7. The SMILES string of the molecule is c1ccc(-c2nc(-c3ccccc3)nc(-c3cccc4oc5cc(-c6cc(-c7ccccc7)c7c(c6)sc6ccccc67)ccc5c34)n2)cc1. The summed E-state index contributed by atoms with van der Waals surface area (Å²) in [6, 6.07) is 56.8. The number of hydrogen-bond acceptors (Lipinski definition) is 5. The van der Waals surface area contributed by atoms with Crippen molar-refractivity contribution >= 4 is 53.4 Å². The summed E-state index contributed by atoms with van der Waals surface area (Å²) < 4.78 is 9.15. The van der Waals surface area contributed by atoms with Crippen LogP contribution >= 0.6 is 11.3 Å². The molecule has 0 aliphatic heterocycles. The van der Waals surface area contributed by atoms with E-state index in [-0.39, 0.29) is 0 Å². The molecule has 50 heavy (non-hydrogen) atoms. The molecule has 234 valence electrons. The van der Waals surface area contributed by atoms with Crippen LogP contribution in [0.15, 0.2) is 168 Å². The fraction of sp³-hybridized carbons (Fsp3) is 0. The van der Waals surface area contributed by atoms with Crippen molar-refractivity contribution < 1.29 is 4.42 Å². The van der Waals surface area contributed by atoms with Gasteiger partial charge in [-0.2, -0.15) is 0 Å². The van der Waals surface area contributed by atoms with Gasteiger partial charge in [0.15, 0.2) is 17.5 Å². The molecule has 0 bridgehead atoms. The monoisotopic (exact) mass is 657 g/mol. The standard InChI is InChI=1S/C45H27N3OS/c1-4-13-28(14-5-1)36-25-32(27-40-42(36)34-19-10-11-22-39(34)50-40)31-23-24-33-38(26-31)49-37-21-12-20-35(41(33)37)45-47-43(29-15-6-2-7-16-29)46-44(48-45)30-17-8-3-9-18-30/h1-27H. The summed E-state index contributed by atoms with van der Waals surface area (Å²) in [5, 5.41) is 4.61. The zero-order valence-corrected chi connectivity index (χ0v) is 27.6. The number of thiophene rings is 1. The summed E-state index contributed by atoms with van der Waals surface area (Å²) in [6.07, 6.45) is 0. The second-order valence-electron chi connectivity index (χ2n) is 12.4. The molecule has 10 rings (SSSR count). The van der Waals surface area contributed by atoms with E-state index in [4.69, 9.17) is 19.4 Å². The Morgan fingerprint density at radius 3 is 1.72 bits per heavy atom. The lowest BCUT2D eigenvalue weighted by atomic mass is 9.94. The highest BCUT2D eigenvalue weighted by atomic mass is 32.1. The Kier molecular flexibility index (Phi) is 6.64. The smallest absolute Gasteiger partial charge is 0.164 e. The maximum atomic E-state index is 6.59. The first-order valence-corrected chi connectivity index (χ1v) is 17.4. The van der Waals surface area contributed by atoms with Crippen LogP contribution in [0.5, 0.6) is 0 Å². The predicted molar refractivity (Wildman–Crippen MR) is 207 cm³/mol. The summed E-state index contributed by atoms with van der Waals surface area (Å²) in [4.78, 5) is 14.9. The average Bonchev–Trinajstić information content (AvgIpc) is 3.76. The molecule has 0 atom stereocenters. The third-order valence-corrected chi connectivity index (χ3v) is 10.5. The molecule has 10 aromatic rings. The van der Waals surface area contributed by atoms with Gasteiger partial charge in [0.2, 0.25) is 0 Å². The molecule has 0 amide bonds. The Labute approximate surface area is 292 Å². The summed E-state index contributed by atoms with van der Waals surface area (Å²) in [5.41, 5.74) is 9.10. The zero-order valence-electron chi connectivity index (χ0n) is 26.7. The van der Waals surface area contributed by atoms with Gasteiger partial charge >= 0.3 is 0 Å². The quantitative estimate of drug-likeness (QED) is 0.185. The molecule has 0 aliphatic carbocycles. The van der Waals surface area contributed by atoms with Crippen LogP contribution in [-0.4, -0.2) is 15.0 Å². The lowest BCUT2D eigenvalue weighted by molar-refractivity contribution is 0.669. The first-order chi connectivity index (χ1) is 24.8. The van der Waals surface area contributed by atoms with E-state index < -0.39 is 0 Å². The van der Waals surface area contributed by atoms with Crippen molar-refractivity contribution in [2.75, 3.05) is 0 Å². The van der Waals surface area contributed by atoms with Crippen molar-refractivity contribution in [3.8, 4) is 56.4 Å². The van der Waals surface area contributed by atoms with Crippen molar-refractivity contribution in [3.63, 3.8) is 0 Å². The number of furan rings is 1. The highest BCUT2D eigenvalue weighted by molar-refractivity contribution is 7.26. The van der Waals surface area contributed by atoms with Gasteiger partial charge in [-0.25, -0.2) is 15.0 Å². The van der Waals surface area contributed by atoms with Crippen LogP contribution in [0.25, 0.3) is 98.5 Å². The Morgan fingerprint density at radius 1 is 0.360 bits per heavy atom. The van der Waals surface area contributed by atoms with Gasteiger partial charge < -0.3 is 4.42 Å². The van der Waals surface area contributed by atoms with E-state index in [9.17, 15) is 0 Å². The van der Waals surface area contributed by atoms with E-state index in [2.05, 4.69) is 91.0 Å². The first-order valence-electron chi connectivity index (χ1n) is 16.6. The molecule has 3 heterocycles. The van der Waals surface area contributed by atoms with E-state index in [1.807, 2.05) is 84.1 Å². The summed E-state index contributed by atoms with van der Waals surface area (Å²) in [6.45, 7) is 0. The van der Waals surface area contributed by atoms with Crippen LogP contribution < -0.4 is 0 Å². The second-order valence-corrected chi connectivity index (χ2v) is 13.5. The van der Waals surface area contributed by atoms with Crippen molar-refractivity contribution in [2.45, 2.75) is 0 Å². The van der Waals surface area contributed by atoms with Gasteiger partial charge in [0, 0.05) is 47.6 Å². The van der Waals surface area contributed by atoms with E-state index >= 15 is 0 Å². The van der Waals surface area contributed by atoms with E-state index in [1.165, 1.54) is 31.3 Å². The number of nitrogens with zero attached hydrogens (tertiary/aromatic N) is 3. The Morgan fingerprint density at radius 2 is 1.00 bits per heavy atom. The van der Waals surface area contributed by atoms with Crippen LogP contribution in [0.4, 0.5) is 0 Å². The van der Waals surface area contributed by atoms with Crippen LogP contribution in [0.3, 0.4) is 0 Å². The minimum absolute atomic E-state index is 0.609. The lowest BCUT2D eigenvalue weighted by Gasteiger charge is -2.10. The van der Waals surface area contributed by atoms with Gasteiger partial charge in [0.25, 0.3) is 0 Å². The Balaban J connectivity index is 1.15. The van der Waals surface area contributed by atoms with E-state index in [1.54, 1.807) is 0 Å². The van der Waals surface area contributed by atoms with Gasteiger partial charge in [-0.3, -0.25) is 0 Å². The minimum atomic E-state index is 0.609. The molecule has 3 aromatic heterocycles. The molecule has 0 spiro atoms. The summed E-state index contributed by atoms with van der Waals surface area (Å²) in [7, 11) is 0. The summed E-state index contributed by atoms with van der Waals surface area (Å²) in [5.74, 6) is 1.87. The van der Waals surface area contributed by atoms with Gasteiger partial charge in [-0.15, -0.1) is 11.3 Å². The Hall–Kier alpha value is -6.43. The van der Waals surface area contributed by atoms with Gasteiger partial charge in [-0.1, -0.05) is 127 Å². The number of aromatic nitrogens is 3. The number of hydrogen-bond donors (Lipinski definition) is 0. The van der Waals surface area contributed by atoms with Crippen molar-refractivity contribution in [3.05, 3.63) is 164 Å². The fourth-order valence-electron chi connectivity index (χ4n) is 6.99. The molecule has 0 radical (unpaired) electrons. The van der Waals surface area contributed by atoms with Crippen molar-refractivity contribution in [1.82, 2.24) is 15.0 Å². The zero-order chi connectivity index (χ0) is 33.0. The second kappa shape index (κ2) is 11.6. The van der Waals surface area contributed by atoms with Gasteiger partial charge in [-0.05, 0) is 58.7 Å². The fourth-order valence-corrected chi connectivity index (χ4v) is 8.16. The molecule has 0 saturated heterocycles. The van der Waals surface area contributed by atoms with Gasteiger partial charge in [0.05, 0.1) is 0 Å². The Bertz CT molecular complexity index is 2800. The molecule has 0 aliphatic rings. The molecule has 5 heteroatoms. The molecule has 0 N–H and O–H groups in total. The molecule has 4 nitrogen and oxygen atoms in total. The molecular formula is C45H27N3OS. The third kappa shape index (κ3) is 4.79. The van der Waals surface area contributed by atoms with Crippen LogP contribution in [-0.2, 0) is 0 Å². The maximum Gasteiger partial charge on any atom is 0.164 e. The van der Waals surface area contributed by atoms with Crippen molar-refractivity contribution in [2.24, 2.45) is 0 Å². The average molecular weight is 658 g/mol. The lowest BCUT2D eigenvalue weighted by Crippen LogP contribution is -2.00. The topological polar surface area (TPSA) is 51.8 Å². The number of rotatable bonds is 5. The molecule has 0 saturated carbocycles. The normalized spacial score (nSPS) is 11.6. The van der Waals surface area contributed by atoms with Crippen LogP contribution in [0.2, 0.25) is 0 Å².